The van der Waals surface area contributed by atoms with Crippen molar-refractivity contribution < 1.29 is 14.6 Å². The number of H-pyrrole nitrogens is 1. The molecular formula is C23H26ClN5O3. The Balaban J connectivity index is 1.34. The zero-order valence-electron chi connectivity index (χ0n) is 18.1. The van der Waals surface area contributed by atoms with Crippen LogP contribution in [0.4, 0.5) is 5.82 Å². The molecule has 1 aromatic carbocycles. The first kappa shape index (κ1) is 22.2. The van der Waals surface area contributed by atoms with E-state index in [0.29, 0.717) is 16.7 Å². The molecule has 0 spiro atoms. The van der Waals surface area contributed by atoms with E-state index in [1.165, 1.54) is 0 Å². The summed E-state index contributed by atoms with van der Waals surface area (Å²) in [6.45, 7) is 5.20. The molecular weight excluding hydrogens is 430 g/mol. The summed E-state index contributed by atoms with van der Waals surface area (Å²) in [6.07, 6.45) is 3.53. The molecule has 0 radical (unpaired) electrons. The largest absolute Gasteiger partial charge is 0.481 e. The van der Waals surface area contributed by atoms with E-state index in [2.05, 4.69) is 25.1 Å². The average molecular weight is 456 g/mol. The van der Waals surface area contributed by atoms with E-state index in [0.717, 1.165) is 42.9 Å². The van der Waals surface area contributed by atoms with E-state index < -0.39 is 11.4 Å². The average Bonchev–Trinajstić information content (AvgIpc) is 3.29. The number of aromatic amines is 1. The maximum absolute atomic E-state index is 11.2. The molecule has 8 nitrogen and oxygen atoms in total. The van der Waals surface area contributed by atoms with E-state index in [4.69, 9.17) is 16.3 Å². The monoisotopic (exact) mass is 455 g/mol. The van der Waals surface area contributed by atoms with E-state index >= 15 is 0 Å². The minimum atomic E-state index is -0.873. The Hall–Kier alpha value is -2.97. The third kappa shape index (κ3) is 5.08. The molecule has 2 aromatic heterocycles. The lowest BCUT2D eigenvalue weighted by molar-refractivity contribution is -0.152. The number of carboxylic acid groups (broad SMARTS) is 1. The maximum Gasteiger partial charge on any atom is 0.311 e. The number of aromatic nitrogens is 4. The van der Waals surface area contributed by atoms with Crippen LogP contribution in [0.25, 0.3) is 22.8 Å². The van der Waals surface area contributed by atoms with Gasteiger partial charge < -0.3 is 19.7 Å². The Kier molecular flexibility index (Phi) is 6.43. The van der Waals surface area contributed by atoms with Crippen molar-refractivity contribution in [2.45, 2.75) is 32.8 Å². The minimum Gasteiger partial charge on any atom is -0.481 e. The second-order valence-electron chi connectivity index (χ2n) is 8.62. The number of carboxylic acids is 1. The number of ether oxygens (including phenoxy) is 1. The van der Waals surface area contributed by atoms with Crippen molar-refractivity contribution in [3.05, 3.63) is 47.6 Å². The normalized spacial score (nSPS) is 15.2. The van der Waals surface area contributed by atoms with E-state index in [-0.39, 0.29) is 12.7 Å². The highest BCUT2D eigenvalue weighted by Gasteiger charge is 2.30. The van der Waals surface area contributed by atoms with Crippen LogP contribution in [0.15, 0.2) is 42.6 Å². The van der Waals surface area contributed by atoms with Crippen molar-refractivity contribution in [3.63, 3.8) is 0 Å². The summed E-state index contributed by atoms with van der Waals surface area (Å²) in [5, 5.41) is 18.3. The highest BCUT2D eigenvalue weighted by Crippen LogP contribution is 2.25. The van der Waals surface area contributed by atoms with Crippen LogP contribution in [0.1, 0.15) is 26.7 Å². The molecule has 0 aliphatic carbocycles. The van der Waals surface area contributed by atoms with Gasteiger partial charge in [0.05, 0.1) is 18.1 Å². The summed E-state index contributed by atoms with van der Waals surface area (Å²) >= 11 is 6.06. The first-order valence-electron chi connectivity index (χ1n) is 10.6. The molecule has 1 saturated heterocycles. The van der Waals surface area contributed by atoms with Crippen LogP contribution >= 0.6 is 11.6 Å². The molecule has 0 saturated carbocycles. The number of hydrogen-bond donors (Lipinski definition) is 2. The van der Waals surface area contributed by atoms with Gasteiger partial charge in [0, 0.05) is 35.4 Å². The number of carbonyl (C=O) groups is 1. The Bertz CT molecular complexity index is 1080. The Morgan fingerprint density at radius 3 is 2.53 bits per heavy atom. The third-order valence-electron chi connectivity index (χ3n) is 5.63. The van der Waals surface area contributed by atoms with Gasteiger partial charge in [-0.3, -0.25) is 4.79 Å². The standard InChI is InChI=1S/C23H26ClN5O3/c1-23(2,22(30)31)14-32-18-8-10-29(11-9-18)19-7-6-16(13-25-19)21-26-20(27-28-21)15-4-3-5-17(24)12-15/h3-7,12-13,18H,8-11,14H2,1-2H3,(H,30,31)(H,26,27,28). The fourth-order valence-corrected chi connectivity index (χ4v) is 3.70. The van der Waals surface area contributed by atoms with Crippen molar-refractivity contribution in [2.75, 3.05) is 24.6 Å². The molecule has 4 rings (SSSR count). The SMILES string of the molecule is CC(C)(COC1CCN(c2ccc(-c3nnc(-c4cccc(Cl)c4)[nH]3)cn2)CC1)C(=O)O. The third-order valence-corrected chi connectivity index (χ3v) is 5.87. The van der Waals surface area contributed by atoms with Crippen molar-refractivity contribution in [1.82, 2.24) is 20.2 Å². The van der Waals surface area contributed by atoms with Crippen molar-refractivity contribution in [1.29, 1.82) is 0 Å². The molecule has 1 aliphatic rings. The van der Waals surface area contributed by atoms with Crippen LogP contribution in [0.3, 0.4) is 0 Å². The summed E-state index contributed by atoms with van der Waals surface area (Å²) in [5.74, 6) is 1.35. The lowest BCUT2D eigenvalue weighted by atomic mass is 9.95. The molecule has 0 amide bonds. The van der Waals surface area contributed by atoms with Gasteiger partial charge >= 0.3 is 5.97 Å². The number of benzene rings is 1. The molecule has 0 unspecified atom stereocenters. The first-order chi connectivity index (χ1) is 15.3. The number of piperidine rings is 1. The van der Waals surface area contributed by atoms with Gasteiger partial charge in [0.25, 0.3) is 0 Å². The smallest absolute Gasteiger partial charge is 0.311 e. The van der Waals surface area contributed by atoms with Crippen LogP contribution in [0, 0.1) is 5.41 Å². The number of nitrogens with one attached hydrogen (secondary N) is 1. The number of anilines is 1. The fourth-order valence-electron chi connectivity index (χ4n) is 3.51. The molecule has 1 aliphatic heterocycles. The summed E-state index contributed by atoms with van der Waals surface area (Å²) in [4.78, 5) is 21.3. The van der Waals surface area contributed by atoms with Crippen LogP contribution in [0.5, 0.6) is 0 Å². The molecule has 1 fully saturated rings. The minimum absolute atomic E-state index is 0.0725. The first-order valence-corrected chi connectivity index (χ1v) is 10.9. The summed E-state index contributed by atoms with van der Waals surface area (Å²) in [5.41, 5.74) is 0.850. The quantitative estimate of drug-likeness (QED) is 0.547. The van der Waals surface area contributed by atoms with Crippen molar-refractivity contribution in [2.24, 2.45) is 5.41 Å². The number of hydrogen-bond acceptors (Lipinski definition) is 6. The van der Waals surface area contributed by atoms with Gasteiger partial charge in [-0.15, -0.1) is 10.2 Å². The highest BCUT2D eigenvalue weighted by atomic mass is 35.5. The Labute approximate surface area is 191 Å². The van der Waals surface area contributed by atoms with Gasteiger partial charge in [-0.2, -0.15) is 0 Å². The number of rotatable bonds is 7. The van der Waals surface area contributed by atoms with Gasteiger partial charge in [0.2, 0.25) is 0 Å². The van der Waals surface area contributed by atoms with Gasteiger partial charge in [-0.1, -0.05) is 23.7 Å². The molecule has 3 aromatic rings. The van der Waals surface area contributed by atoms with Crippen molar-refractivity contribution in [3.8, 4) is 22.8 Å². The molecule has 168 valence electrons. The second kappa shape index (κ2) is 9.26. The van der Waals surface area contributed by atoms with Gasteiger partial charge in [0.1, 0.15) is 5.82 Å². The van der Waals surface area contributed by atoms with E-state index in [9.17, 15) is 9.90 Å². The molecule has 2 N–H and O–H groups in total. The number of aliphatic carboxylic acids is 1. The molecule has 0 atom stereocenters. The zero-order valence-corrected chi connectivity index (χ0v) is 18.8. The van der Waals surface area contributed by atoms with E-state index in [1.54, 1.807) is 20.0 Å². The number of nitrogens with zero attached hydrogens (tertiary/aromatic N) is 4. The topological polar surface area (TPSA) is 104 Å². The Morgan fingerprint density at radius 1 is 1.19 bits per heavy atom. The number of pyridine rings is 1. The predicted molar refractivity (Wildman–Crippen MR) is 123 cm³/mol. The van der Waals surface area contributed by atoms with Gasteiger partial charge in [-0.25, -0.2) is 4.98 Å². The molecule has 9 heteroatoms. The molecule has 3 heterocycles. The highest BCUT2D eigenvalue weighted by molar-refractivity contribution is 6.30. The fraction of sp³-hybridized carbons (Fsp3) is 0.391. The van der Waals surface area contributed by atoms with Crippen molar-refractivity contribution >= 4 is 23.4 Å². The molecule has 32 heavy (non-hydrogen) atoms. The second-order valence-corrected chi connectivity index (χ2v) is 9.06. The zero-order chi connectivity index (χ0) is 22.7. The van der Waals surface area contributed by atoms with Gasteiger partial charge in [0.15, 0.2) is 11.6 Å². The van der Waals surface area contributed by atoms with Crippen LogP contribution in [-0.4, -0.2) is 57.0 Å². The lowest BCUT2D eigenvalue weighted by Crippen LogP contribution is -2.39. The summed E-state index contributed by atoms with van der Waals surface area (Å²) in [6, 6.07) is 11.4. The van der Waals surface area contributed by atoms with Crippen LogP contribution < -0.4 is 4.90 Å². The van der Waals surface area contributed by atoms with Gasteiger partial charge in [-0.05, 0) is 51.0 Å². The van der Waals surface area contributed by atoms with Crippen LogP contribution in [-0.2, 0) is 9.53 Å². The maximum atomic E-state index is 11.2. The number of halogens is 1. The molecule has 0 bridgehead atoms. The summed E-state index contributed by atoms with van der Waals surface area (Å²) in [7, 11) is 0. The lowest BCUT2D eigenvalue weighted by Gasteiger charge is -2.34. The summed E-state index contributed by atoms with van der Waals surface area (Å²) < 4.78 is 5.86. The van der Waals surface area contributed by atoms with E-state index in [1.807, 2.05) is 36.4 Å². The van der Waals surface area contributed by atoms with Crippen LogP contribution in [0.2, 0.25) is 5.02 Å². The predicted octanol–water partition coefficient (Wildman–Crippen LogP) is 4.28. The Morgan fingerprint density at radius 2 is 1.91 bits per heavy atom.